The van der Waals surface area contributed by atoms with Crippen LogP contribution in [0.4, 0.5) is 5.95 Å². The highest BCUT2D eigenvalue weighted by atomic mass is 79.9. The largest absolute Gasteiger partial charge is 0.479 e. The Morgan fingerprint density at radius 3 is 2.68 bits per heavy atom. The molecule has 3 aromatic rings. The molecule has 0 saturated heterocycles. The number of nitrogen functional groups attached to an aromatic ring is 1. The second kappa shape index (κ2) is 10.3. The van der Waals surface area contributed by atoms with Gasteiger partial charge >= 0.3 is 13.7 Å². The Kier molecular flexibility index (Phi) is 7.36. The summed E-state index contributed by atoms with van der Waals surface area (Å²) in [5, 5.41) is 2.56. The monoisotopic (exact) mass is 554 g/mol. The Hall–Kier alpha value is -2.73. The second-order valence-corrected chi connectivity index (χ2v) is 10.3. The highest BCUT2D eigenvalue weighted by Gasteiger charge is 2.36. The SMILES string of the molecule is COC(=O)CNP(=O)(OCC1CC(n2cnc3c(OC)nc(N)nc32)C1)Oc1ccc(Br)cc1. The topological polar surface area (TPSA) is 153 Å². The second-order valence-electron chi connectivity index (χ2n) is 7.66. The van der Waals surface area contributed by atoms with Crippen LogP contribution in [0.3, 0.4) is 0 Å². The lowest BCUT2D eigenvalue weighted by Crippen LogP contribution is -2.31. The quantitative estimate of drug-likeness (QED) is 0.280. The van der Waals surface area contributed by atoms with Crippen LogP contribution in [0.15, 0.2) is 35.1 Å². The number of hydrogen-bond acceptors (Lipinski definition) is 10. The average molecular weight is 555 g/mol. The van der Waals surface area contributed by atoms with Crippen molar-refractivity contribution in [2.75, 3.05) is 33.1 Å². The molecule has 14 heteroatoms. The third-order valence-corrected chi connectivity index (χ3v) is 7.38. The van der Waals surface area contributed by atoms with Crippen molar-refractivity contribution in [2.45, 2.75) is 18.9 Å². The molecule has 34 heavy (non-hydrogen) atoms. The zero-order chi connectivity index (χ0) is 24.3. The number of esters is 1. The Balaban J connectivity index is 1.39. The first-order chi connectivity index (χ1) is 16.3. The van der Waals surface area contributed by atoms with Gasteiger partial charge in [-0.25, -0.2) is 14.6 Å². The van der Waals surface area contributed by atoms with Crippen molar-refractivity contribution in [3.05, 3.63) is 35.1 Å². The molecule has 1 fully saturated rings. The minimum absolute atomic E-state index is 0.105. The van der Waals surface area contributed by atoms with Gasteiger partial charge in [-0.2, -0.15) is 9.97 Å². The van der Waals surface area contributed by atoms with Gasteiger partial charge in [0, 0.05) is 10.5 Å². The Labute approximate surface area is 203 Å². The van der Waals surface area contributed by atoms with Crippen molar-refractivity contribution in [1.29, 1.82) is 0 Å². The minimum atomic E-state index is -3.83. The summed E-state index contributed by atoms with van der Waals surface area (Å²) in [7, 11) is -1.09. The summed E-state index contributed by atoms with van der Waals surface area (Å²) >= 11 is 3.34. The van der Waals surface area contributed by atoms with E-state index in [4.69, 9.17) is 19.5 Å². The number of anilines is 1. The first-order valence-electron chi connectivity index (χ1n) is 10.4. The van der Waals surface area contributed by atoms with Gasteiger partial charge in [-0.05, 0) is 43.0 Å². The van der Waals surface area contributed by atoms with Gasteiger partial charge in [-0.1, -0.05) is 15.9 Å². The summed E-state index contributed by atoms with van der Waals surface area (Å²) in [6.45, 7) is -0.146. The van der Waals surface area contributed by atoms with Gasteiger partial charge in [0.05, 0.1) is 27.2 Å². The van der Waals surface area contributed by atoms with E-state index in [1.165, 1.54) is 14.2 Å². The number of imidazole rings is 1. The number of ether oxygens (including phenoxy) is 2. The number of halogens is 1. The van der Waals surface area contributed by atoms with E-state index in [1.54, 1.807) is 30.6 Å². The van der Waals surface area contributed by atoms with Crippen LogP contribution < -0.4 is 20.1 Å². The normalized spacial score (nSPS) is 19.3. The van der Waals surface area contributed by atoms with E-state index < -0.39 is 13.7 Å². The molecule has 0 aliphatic heterocycles. The third-order valence-electron chi connectivity index (χ3n) is 5.37. The number of benzene rings is 1. The molecule has 2 heterocycles. The number of aromatic nitrogens is 4. The molecule has 1 aliphatic rings. The molecule has 0 bridgehead atoms. The van der Waals surface area contributed by atoms with Gasteiger partial charge < -0.3 is 24.3 Å². The van der Waals surface area contributed by atoms with E-state index in [9.17, 15) is 9.36 Å². The van der Waals surface area contributed by atoms with Crippen molar-refractivity contribution < 1.29 is 27.9 Å². The molecule has 1 aromatic carbocycles. The summed E-state index contributed by atoms with van der Waals surface area (Å²) in [5.74, 6) is 0.295. The molecule has 1 saturated carbocycles. The maximum Gasteiger partial charge on any atom is 0.459 e. The summed E-state index contributed by atoms with van der Waals surface area (Å²) in [5.41, 5.74) is 6.92. The third kappa shape index (κ3) is 5.49. The fraction of sp³-hybridized carbons (Fsp3) is 0.400. The zero-order valence-electron chi connectivity index (χ0n) is 18.5. The van der Waals surface area contributed by atoms with Crippen molar-refractivity contribution in [3.63, 3.8) is 0 Å². The molecular weight excluding hydrogens is 531 g/mol. The van der Waals surface area contributed by atoms with Crippen LogP contribution >= 0.6 is 23.7 Å². The summed E-state index contributed by atoms with van der Waals surface area (Å²) in [4.78, 5) is 24.2. The molecule has 0 amide bonds. The standard InChI is InChI=1S/C20H24BrN6O6P/c1-30-16(28)9-24-34(29,33-15-5-3-13(21)4-6-15)32-10-12-7-14(8-12)27-11-23-17-18(27)25-20(22)26-19(17)31-2/h3-6,11-12,14H,7-10H2,1-2H3,(H,24,29)(H2,22,25,26). The highest BCUT2D eigenvalue weighted by Crippen LogP contribution is 2.47. The molecule has 2 aromatic heterocycles. The summed E-state index contributed by atoms with van der Waals surface area (Å²) in [6.07, 6.45) is 3.17. The maximum atomic E-state index is 13.3. The molecule has 12 nitrogen and oxygen atoms in total. The van der Waals surface area contributed by atoms with Crippen LogP contribution in [-0.4, -0.2) is 52.9 Å². The molecule has 4 rings (SSSR count). The molecule has 3 N–H and O–H groups in total. The molecule has 182 valence electrons. The molecule has 0 radical (unpaired) electrons. The van der Waals surface area contributed by atoms with Gasteiger partial charge in [-0.3, -0.25) is 9.32 Å². The number of carbonyl (C=O) groups excluding carboxylic acids is 1. The van der Waals surface area contributed by atoms with Crippen LogP contribution in [0.5, 0.6) is 11.6 Å². The molecule has 0 spiro atoms. The van der Waals surface area contributed by atoms with Crippen molar-refractivity contribution >= 4 is 46.8 Å². The van der Waals surface area contributed by atoms with E-state index in [-0.39, 0.29) is 31.1 Å². The lowest BCUT2D eigenvalue weighted by Gasteiger charge is -2.36. The number of carbonyl (C=O) groups is 1. The smallest absolute Gasteiger partial charge is 0.459 e. The number of rotatable bonds is 10. The summed E-state index contributed by atoms with van der Waals surface area (Å²) < 4.78 is 37.2. The number of nitrogens with zero attached hydrogens (tertiary/aromatic N) is 4. The van der Waals surface area contributed by atoms with Crippen LogP contribution in [-0.2, 0) is 18.6 Å². The molecule has 1 unspecified atom stereocenters. The number of nitrogens with two attached hydrogens (primary N) is 1. The zero-order valence-corrected chi connectivity index (χ0v) is 21.0. The Bertz CT molecular complexity index is 1220. The van der Waals surface area contributed by atoms with Crippen molar-refractivity contribution in [2.24, 2.45) is 5.92 Å². The van der Waals surface area contributed by atoms with E-state index in [0.717, 1.165) is 17.3 Å². The van der Waals surface area contributed by atoms with Gasteiger partial charge in [0.2, 0.25) is 11.8 Å². The van der Waals surface area contributed by atoms with Gasteiger partial charge in [0.1, 0.15) is 12.3 Å². The molecule has 1 atom stereocenters. The first kappa shape index (κ1) is 24.4. The Morgan fingerprint density at radius 2 is 2.00 bits per heavy atom. The first-order valence-corrected chi connectivity index (χ1v) is 12.7. The van der Waals surface area contributed by atoms with Gasteiger partial charge in [0.15, 0.2) is 11.2 Å². The van der Waals surface area contributed by atoms with Crippen molar-refractivity contribution in [3.8, 4) is 11.6 Å². The maximum absolute atomic E-state index is 13.3. The lowest BCUT2D eigenvalue weighted by molar-refractivity contribution is -0.139. The van der Waals surface area contributed by atoms with E-state index in [0.29, 0.717) is 22.8 Å². The summed E-state index contributed by atoms with van der Waals surface area (Å²) in [6, 6.07) is 6.90. The Morgan fingerprint density at radius 1 is 1.26 bits per heavy atom. The number of fused-ring (bicyclic) bond motifs is 1. The number of hydrogen-bond donors (Lipinski definition) is 2. The number of nitrogens with one attached hydrogen (secondary N) is 1. The fourth-order valence-electron chi connectivity index (χ4n) is 3.56. The minimum Gasteiger partial charge on any atom is -0.479 e. The molecular formula is C20H24BrN6O6P. The number of methoxy groups -OCH3 is 2. The predicted octanol–water partition coefficient (Wildman–Crippen LogP) is 3.10. The van der Waals surface area contributed by atoms with E-state index in [1.807, 2.05) is 4.57 Å². The van der Waals surface area contributed by atoms with Crippen LogP contribution in [0.25, 0.3) is 11.2 Å². The van der Waals surface area contributed by atoms with Gasteiger partial charge in [-0.15, -0.1) is 0 Å². The van der Waals surface area contributed by atoms with Crippen LogP contribution in [0.2, 0.25) is 0 Å². The average Bonchev–Trinajstić information content (AvgIpc) is 3.21. The van der Waals surface area contributed by atoms with Gasteiger partial charge in [0.25, 0.3) is 0 Å². The van der Waals surface area contributed by atoms with E-state index in [2.05, 4.69) is 40.7 Å². The predicted molar refractivity (Wildman–Crippen MR) is 126 cm³/mol. The van der Waals surface area contributed by atoms with Crippen molar-refractivity contribution in [1.82, 2.24) is 24.6 Å². The highest BCUT2D eigenvalue weighted by molar-refractivity contribution is 9.10. The fourth-order valence-corrected chi connectivity index (χ4v) is 5.16. The molecule has 1 aliphatic carbocycles. The van der Waals surface area contributed by atoms with Crippen LogP contribution in [0.1, 0.15) is 18.9 Å². The van der Waals surface area contributed by atoms with E-state index >= 15 is 0 Å². The van der Waals surface area contributed by atoms with Crippen LogP contribution in [0, 0.1) is 5.92 Å². The lowest BCUT2D eigenvalue weighted by atomic mass is 9.81.